The fourth-order valence-electron chi connectivity index (χ4n) is 2.17. The fraction of sp³-hybridized carbons (Fsp3) is 0.263. The Morgan fingerprint density at radius 2 is 1.76 bits per heavy atom. The number of hydrazone groups is 1. The second kappa shape index (κ2) is 8.73. The van der Waals surface area contributed by atoms with Gasteiger partial charge in [0.15, 0.2) is 11.5 Å². The molecule has 0 atom stereocenters. The SMILES string of the molecule is COc1ccc(C=NNC(=O)c2ccccc2OC(C)C)cc1OC. The summed E-state index contributed by atoms with van der Waals surface area (Å²) >= 11 is 0. The van der Waals surface area contributed by atoms with E-state index in [-0.39, 0.29) is 12.0 Å². The molecule has 1 amide bonds. The number of methoxy groups -OCH3 is 2. The third kappa shape index (κ3) is 4.97. The quantitative estimate of drug-likeness (QED) is 0.619. The van der Waals surface area contributed by atoms with Crippen molar-refractivity contribution in [2.75, 3.05) is 14.2 Å². The Labute approximate surface area is 147 Å². The number of hydrogen-bond donors (Lipinski definition) is 1. The summed E-state index contributed by atoms with van der Waals surface area (Å²) in [5, 5.41) is 3.99. The van der Waals surface area contributed by atoms with Gasteiger partial charge < -0.3 is 14.2 Å². The Morgan fingerprint density at radius 1 is 1.04 bits per heavy atom. The van der Waals surface area contributed by atoms with E-state index in [9.17, 15) is 4.79 Å². The summed E-state index contributed by atoms with van der Waals surface area (Å²) in [6.07, 6.45) is 1.51. The molecule has 0 saturated carbocycles. The highest BCUT2D eigenvalue weighted by molar-refractivity contribution is 5.97. The van der Waals surface area contributed by atoms with Gasteiger partial charge >= 0.3 is 0 Å². The van der Waals surface area contributed by atoms with Gasteiger partial charge in [-0.15, -0.1) is 0 Å². The molecule has 0 saturated heterocycles. The number of hydrogen-bond acceptors (Lipinski definition) is 5. The van der Waals surface area contributed by atoms with Crippen molar-refractivity contribution < 1.29 is 19.0 Å². The van der Waals surface area contributed by atoms with E-state index in [0.29, 0.717) is 22.8 Å². The number of carbonyl (C=O) groups excluding carboxylic acids is 1. The summed E-state index contributed by atoms with van der Waals surface area (Å²) in [6, 6.07) is 12.4. The van der Waals surface area contributed by atoms with Crippen molar-refractivity contribution in [3.8, 4) is 17.2 Å². The van der Waals surface area contributed by atoms with Crippen LogP contribution in [-0.4, -0.2) is 32.4 Å². The zero-order valence-electron chi connectivity index (χ0n) is 14.8. The van der Waals surface area contributed by atoms with Crippen molar-refractivity contribution in [1.29, 1.82) is 0 Å². The number of nitrogens with one attached hydrogen (secondary N) is 1. The number of para-hydroxylation sites is 1. The summed E-state index contributed by atoms with van der Waals surface area (Å²) in [5.41, 5.74) is 3.70. The van der Waals surface area contributed by atoms with E-state index in [1.54, 1.807) is 44.6 Å². The topological polar surface area (TPSA) is 69.2 Å². The molecule has 2 rings (SSSR count). The van der Waals surface area contributed by atoms with Crippen LogP contribution < -0.4 is 19.6 Å². The second-order valence-corrected chi connectivity index (χ2v) is 5.48. The van der Waals surface area contributed by atoms with Gasteiger partial charge in [0.25, 0.3) is 5.91 Å². The Kier molecular flexibility index (Phi) is 6.39. The van der Waals surface area contributed by atoms with Crippen molar-refractivity contribution in [3.05, 3.63) is 53.6 Å². The van der Waals surface area contributed by atoms with Crippen LogP contribution in [-0.2, 0) is 0 Å². The first kappa shape index (κ1) is 18.3. The van der Waals surface area contributed by atoms with Crippen LogP contribution >= 0.6 is 0 Å². The zero-order valence-corrected chi connectivity index (χ0v) is 14.8. The van der Waals surface area contributed by atoms with Crippen LogP contribution in [0.4, 0.5) is 0 Å². The third-order valence-electron chi connectivity index (χ3n) is 3.28. The van der Waals surface area contributed by atoms with Gasteiger partial charge in [-0.05, 0) is 49.7 Å². The van der Waals surface area contributed by atoms with Crippen LogP contribution in [0.3, 0.4) is 0 Å². The van der Waals surface area contributed by atoms with Gasteiger partial charge in [0.05, 0.1) is 32.1 Å². The van der Waals surface area contributed by atoms with E-state index in [2.05, 4.69) is 10.5 Å². The Bertz CT molecular complexity index is 757. The van der Waals surface area contributed by atoms with Crippen LogP contribution in [0, 0.1) is 0 Å². The summed E-state index contributed by atoms with van der Waals surface area (Å²) in [6.45, 7) is 3.81. The van der Waals surface area contributed by atoms with Gasteiger partial charge in [0, 0.05) is 0 Å². The van der Waals surface area contributed by atoms with E-state index in [4.69, 9.17) is 14.2 Å². The lowest BCUT2D eigenvalue weighted by atomic mass is 10.2. The molecule has 0 fully saturated rings. The molecule has 0 spiro atoms. The van der Waals surface area contributed by atoms with E-state index >= 15 is 0 Å². The molecule has 0 bridgehead atoms. The maximum Gasteiger partial charge on any atom is 0.275 e. The minimum atomic E-state index is -0.340. The minimum Gasteiger partial charge on any atom is -0.493 e. The summed E-state index contributed by atoms with van der Waals surface area (Å²) in [7, 11) is 3.13. The summed E-state index contributed by atoms with van der Waals surface area (Å²) < 4.78 is 16.1. The maximum absolute atomic E-state index is 12.3. The first-order valence-electron chi connectivity index (χ1n) is 7.86. The zero-order chi connectivity index (χ0) is 18.2. The highest BCUT2D eigenvalue weighted by atomic mass is 16.5. The molecule has 0 unspecified atom stereocenters. The van der Waals surface area contributed by atoms with E-state index in [1.807, 2.05) is 26.0 Å². The number of amides is 1. The first-order chi connectivity index (χ1) is 12.0. The molecule has 0 heterocycles. The molecule has 6 nitrogen and oxygen atoms in total. The highest BCUT2D eigenvalue weighted by Crippen LogP contribution is 2.26. The number of benzene rings is 2. The van der Waals surface area contributed by atoms with Crippen LogP contribution in [0.25, 0.3) is 0 Å². The number of carbonyl (C=O) groups is 1. The molecular formula is C19H22N2O4. The lowest BCUT2D eigenvalue weighted by molar-refractivity contribution is 0.0949. The molecule has 0 radical (unpaired) electrons. The Hall–Kier alpha value is -3.02. The molecule has 0 aliphatic heterocycles. The molecule has 132 valence electrons. The Morgan fingerprint density at radius 3 is 2.44 bits per heavy atom. The molecule has 0 aliphatic rings. The summed E-state index contributed by atoms with van der Waals surface area (Å²) in [4.78, 5) is 12.3. The van der Waals surface area contributed by atoms with Gasteiger partial charge in [-0.25, -0.2) is 5.43 Å². The molecule has 2 aromatic rings. The molecule has 0 aliphatic carbocycles. The van der Waals surface area contributed by atoms with Crippen LogP contribution in [0.1, 0.15) is 29.8 Å². The molecule has 6 heteroatoms. The van der Waals surface area contributed by atoms with Crippen molar-refractivity contribution in [2.24, 2.45) is 5.10 Å². The van der Waals surface area contributed by atoms with Crippen LogP contribution in [0.15, 0.2) is 47.6 Å². The molecule has 0 aromatic heterocycles. The molecule has 1 N–H and O–H groups in total. The lowest BCUT2D eigenvalue weighted by Gasteiger charge is -2.12. The smallest absolute Gasteiger partial charge is 0.275 e. The largest absolute Gasteiger partial charge is 0.493 e. The Balaban J connectivity index is 2.08. The molecule has 2 aromatic carbocycles. The first-order valence-corrected chi connectivity index (χ1v) is 7.86. The average molecular weight is 342 g/mol. The summed E-state index contributed by atoms with van der Waals surface area (Å²) in [5.74, 6) is 1.40. The van der Waals surface area contributed by atoms with Gasteiger partial charge in [-0.3, -0.25) is 4.79 Å². The molecule has 25 heavy (non-hydrogen) atoms. The minimum absolute atomic E-state index is 0.0239. The predicted molar refractivity (Wildman–Crippen MR) is 96.8 cm³/mol. The van der Waals surface area contributed by atoms with Crippen molar-refractivity contribution in [1.82, 2.24) is 5.43 Å². The van der Waals surface area contributed by atoms with E-state index < -0.39 is 0 Å². The van der Waals surface area contributed by atoms with Gasteiger partial charge in [-0.2, -0.15) is 5.10 Å². The lowest BCUT2D eigenvalue weighted by Crippen LogP contribution is -2.19. The molecular weight excluding hydrogens is 320 g/mol. The second-order valence-electron chi connectivity index (χ2n) is 5.48. The number of rotatable bonds is 7. The van der Waals surface area contributed by atoms with Crippen molar-refractivity contribution in [2.45, 2.75) is 20.0 Å². The monoisotopic (exact) mass is 342 g/mol. The predicted octanol–water partition coefficient (Wildman–Crippen LogP) is 3.25. The van der Waals surface area contributed by atoms with E-state index in [1.165, 1.54) is 6.21 Å². The highest BCUT2D eigenvalue weighted by Gasteiger charge is 2.12. The normalized spacial score (nSPS) is 10.8. The van der Waals surface area contributed by atoms with Crippen LogP contribution in [0.5, 0.6) is 17.2 Å². The number of ether oxygens (including phenoxy) is 3. The number of nitrogens with zero attached hydrogens (tertiary/aromatic N) is 1. The van der Waals surface area contributed by atoms with Crippen molar-refractivity contribution in [3.63, 3.8) is 0 Å². The third-order valence-corrected chi connectivity index (χ3v) is 3.28. The van der Waals surface area contributed by atoms with Crippen LogP contribution in [0.2, 0.25) is 0 Å². The van der Waals surface area contributed by atoms with Crippen molar-refractivity contribution >= 4 is 12.1 Å². The average Bonchev–Trinajstić information content (AvgIpc) is 2.61. The maximum atomic E-state index is 12.3. The standard InChI is InChI=1S/C19H22N2O4/c1-13(2)25-16-8-6-5-7-15(16)19(22)21-20-12-14-9-10-17(23-3)18(11-14)24-4/h5-13H,1-4H3,(H,21,22). The van der Waals surface area contributed by atoms with Gasteiger partial charge in [-0.1, -0.05) is 12.1 Å². The van der Waals surface area contributed by atoms with Gasteiger partial charge in [0.2, 0.25) is 0 Å². The fourth-order valence-corrected chi connectivity index (χ4v) is 2.17. The van der Waals surface area contributed by atoms with E-state index in [0.717, 1.165) is 5.56 Å². The van der Waals surface area contributed by atoms with Gasteiger partial charge in [0.1, 0.15) is 5.75 Å².